The predicted molar refractivity (Wildman–Crippen MR) is 132 cm³/mol. The molecular formula is C25H32Cl2N2O4. The number of halogens is 2. The number of amides is 2. The van der Waals surface area contributed by atoms with Gasteiger partial charge in [0.05, 0.1) is 23.8 Å². The molecule has 0 aliphatic carbocycles. The van der Waals surface area contributed by atoms with Crippen LogP contribution in [0.5, 0.6) is 11.5 Å². The van der Waals surface area contributed by atoms with Crippen LogP contribution < -0.4 is 14.8 Å². The number of nitrogens with zero attached hydrogens (tertiary/aromatic N) is 1. The Labute approximate surface area is 206 Å². The second-order valence-electron chi connectivity index (χ2n) is 7.72. The van der Waals surface area contributed by atoms with E-state index >= 15 is 0 Å². The van der Waals surface area contributed by atoms with Gasteiger partial charge in [-0.15, -0.1) is 0 Å². The number of carbonyl (C=O) groups excluding carboxylic acids is 2. The Morgan fingerprint density at radius 2 is 1.73 bits per heavy atom. The van der Waals surface area contributed by atoms with Crippen molar-refractivity contribution in [3.8, 4) is 11.5 Å². The Balaban J connectivity index is 1.99. The lowest BCUT2D eigenvalue weighted by atomic mass is 10.1. The average molecular weight is 495 g/mol. The van der Waals surface area contributed by atoms with E-state index in [0.717, 1.165) is 24.2 Å². The van der Waals surface area contributed by atoms with Crippen LogP contribution in [0, 0.1) is 0 Å². The fourth-order valence-corrected chi connectivity index (χ4v) is 3.50. The summed E-state index contributed by atoms with van der Waals surface area (Å²) in [4.78, 5) is 27.3. The van der Waals surface area contributed by atoms with E-state index in [1.807, 2.05) is 30.3 Å². The zero-order chi connectivity index (χ0) is 24.2. The van der Waals surface area contributed by atoms with Crippen LogP contribution in [0.1, 0.15) is 45.1 Å². The van der Waals surface area contributed by atoms with Crippen LogP contribution in [0.25, 0.3) is 0 Å². The molecule has 0 saturated heterocycles. The summed E-state index contributed by atoms with van der Waals surface area (Å²) in [7, 11) is 1.61. The van der Waals surface area contributed by atoms with Gasteiger partial charge in [0.25, 0.3) is 0 Å². The molecule has 0 heterocycles. The first-order chi connectivity index (χ1) is 15.8. The number of unbranched alkanes of at least 4 members (excludes halogenated alkanes) is 1. The van der Waals surface area contributed by atoms with Crippen LogP contribution in [-0.4, -0.2) is 43.0 Å². The Bertz CT molecular complexity index is 906. The summed E-state index contributed by atoms with van der Waals surface area (Å²) in [6.45, 7) is 5.03. The van der Waals surface area contributed by atoms with Gasteiger partial charge in [0, 0.05) is 19.5 Å². The highest BCUT2D eigenvalue weighted by Gasteiger charge is 2.25. The summed E-state index contributed by atoms with van der Waals surface area (Å²) in [5.74, 6) is 1.16. The molecule has 0 fully saturated rings. The Hall–Kier alpha value is -2.44. The number of ether oxygens (including phenoxy) is 2. The van der Waals surface area contributed by atoms with E-state index in [-0.39, 0.29) is 24.8 Å². The topological polar surface area (TPSA) is 67.9 Å². The summed E-state index contributed by atoms with van der Waals surface area (Å²) < 4.78 is 10.9. The molecule has 180 valence electrons. The molecule has 2 aromatic carbocycles. The van der Waals surface area contributed by atoms with Crippen LogP contribution in [-0.2, 0) is 16.1 Å². The third kappa shape index (κ3) is 8.78. The number of hydrogen-bond acceptors (Lipinski definition) is 4. The van der Waals surface area contributed by atoms with Gasteiger partial charge in [0.15, 0.2) is 0 Å². The zero-order valence-corrected chi connectivity index (χ0v) is 20.9. The molecule has 0 saturated carbocycles. The largest absolute Gasteiger partial charge is 0.497 e. The summed E-state index contributed by atoms with van der Waals surface area (Å²) in [5, 5.41) is 3.76. The maximum atomic E-state index is 13.1. The maximum absolute atomic E-state index is 13.1. The fraction of sp³-hybridized carbons (Fsp3) is 0.440. The first kappa shape index (κ1) is 26.8. The smallest absolute Gasteiger partial charge is 0.242 e. The summed E-state index contributed by atoms with van der Waals surface area (Å²) in [5.41, 5.74) is 0.806. The third-order valence-electron chi connectivity index (χ3n) is 5.20. The molecule has 0 spiro atoms. The van der Waals surface area contributed by atoms with Crippen molar-refractivity contribution in [2.75, 3.05) is 20.3 Å². The quantitative estimate of drug-likeness (QED) is 0.373. The summed E-state index contributed by atoms with van der Waals surface area (Å²) in [6.07, 6.45) is 2.65. The van der Waals surface area contributed by atoms with Gasteiger partial charge >= 0.3 is 0 Å². The molecule has 1 N–H and O–H groups in total. The molecule has 8 heteroatoms. The monoisotopic (exact) mass is 494 g/mol. The highest BCUT2D eigenvalue weighted by atomic mass is 35.5. The number of methoxy groups -OCH3 is 1. The van der Waals surface area contributed by atoms with Gasteiger partial charge in [0.2, 0.25) is 11.8 Å². The Morgan fingerprint density at radius 3 is 2.36 bits per heavy atom. The normalized spacial score (nSPS) is 11.5. The highest BCUT2D eigenvalue weighted by Crippen LogP contribution is 2.24. The predicted octanol–water partition coefficient (Wildman–Crippen LogP) is 5.49. The second-order valence-corrected chi connectivity index (χ2v) is 8.53. The molecule has 2 aromatic rings. The fourth-order valence-electron chi connectivity index (χ4n) is 3.18. The van der Waals surface area contributed by atoms with Gasteiger partial charge in [-0.05, 0) is 61.7 Å². The molecule has 0 radical (unpaired) electrons. The van der Waals surface area contributed by atoms with Crippen LogP contribution in [0.15, 0.2) is 42.5 Å². The number of rotatable bonds is 13. The van der Waals surface area contributed by atoms with Crippen LogP contribution in [0.3, 0.4) is 0 Å². The van der Waals surface area contributed by atoms with Crippen molar-refractivity contribution in [2.24, 2.45) is 0 Å². The molecule has 0 aliphatic heterocycles. The molecule has 1 atom stereocenters. The molecule has 0 unspecified atom stereocenters. The molecular weight excluding hydrogens is 463 g/mol. The van der Waals surface area contributed by atoms with Crippen molar-refractivity contribution >= 4 is 35.0 Å². The van der Waals surface area contributed by atoms with Crippen LogP contribution in [0.2, 0.25) is 10.0 Å². The standard InChI is InChI=1S/C25H32Cl2N2O4/c1-4-5-14-28-25(31)18(2)29(17-19-8-13-22(26)23(27)16-19)24(30)7-6-15-33-21-11-9-20(32-3)10-12-21/h8-13,16,18H,4-7,14-15,17H2,1-3H3,(H,28,31)/t18-/m1/s1. The average Bonchev–Trinajstić information content (AvgIpc) is 2.82. The zero-order valence-electron chi connectivity index (χ0n) is 19.4. The minimum atomic E-state index is -0.619. The maximum Gasteiger partial charge on any atom is 0.242 e. The lowest BCUT2D eigenvalue weighted by molar-refractivity contribution is -0.140. The van der Waals surface area contributed by atoms with E-state index in [9.17, 15) is 9.59 Å². The molecule has 6 nitrogen and oxygen atoms in total. The van der Waals surface area contributed by atoms with Gasteiger partial charge in [-0.3, -0.25) is 9.59 Å². The van der Waals surface area contributed by atoms with E-state index in [2.05, 4.69) is 12.2 Å². The number of nitrogens with one attached hydrogen (secondary N) is 1. The molecule has 0 aromatic heterocycles. The van der Waals surface area contributed by atoms with Crippen molar-refractivity contribution < 1.29 is 19.1 Å². The number of benzene rings is 2. The van der Waals surface area contributed by atoms with Gasteiger partial charge in [-0.25, -0.2) is 0 Å². The molecule has 0 aliphatic rings. The Kier molecular flexibility index (Phi) is 11.3. The van der Waals surface area contributed by atoms with Crippen molar-refractivity contribution in [2.45, 2.75) is 52.1 Å². The number of carbonyl (C=O) groups is 2. The first-order valence-electron chi connectivity index (χ1n) is 11.1. The lowest BCUT2D eigenvalue weighted by Gasteiger charge is -2.29. The van der Waals surface area contributed by atoms with E-state index < -0.39 is 6.04 Å². The Morgan fingerprint density at radius 1 is 1.03 bits per heavy atom. The van der Waals surface area contributed by atoms with Crippen molar-refractivity contribution in [1.82, 2.24) is 10.2 Å². The molecule has 2 rings (SSSR count). The van der Waals surface area contributed by atoms with E-state index in [1.165, 1.54) is 0 Å². The van der Waals surface area contributed by atoms with Crippen LogP contribution in [0.4, 0.5) is 0 Å². The third-order valence-corrected chi connectivity index (χ3v) is 5.94. The molecule has 0 bridgehead atoms. The van der Waals surface area contributed by atoms with Crippen molar-refractivity contribution in [3.63, 3.8) is 0 Å². The molecule has 2 amide bonds. The van der Waals surface area contributed by atoms with Gasteiger partial charge in [0.1, 0.15) is 17.5 Å². The minimum absolute atomic E-state index is 0.127. The number of hydrogen-bond donors (Lipinski definition) is 1. The molecule has 33 heavy (non-hydrogen) atoms. The minimum Gasteiger partial charge on any atom is -0.497 e. The summed E-state index contributed by atoms with van der Waals surface area (Å²) in [6, 6.07) is 11.9. The SMILES string of the molecule is CCCCNC(=O)[C@@H](C)N(Cc1ccc(Cl)c(Cl)c1)C(=O)CCCOc1ccc(OC)cc1. The van der Waals surface area contributed by atoms with E-state index in [4.69, 9.17) is 32.7 Å². The first-order valence-corrected chi connectivity index (χ1v) is 11.9. The van der Waals surface area contributed by atoms with Gasteiger partial charge in [-0.1, -0.05) is 42.6 Å². The van der Waals surface area contributed by atoms with Crippen molar-refractivity contribution in [1.29, 1.82) is 0 Å². The highest BCUT2D eigenvalue weighted by molar-refractivity contribution is 6.42. The second kappa shape index (κ2) is 14.0. The van der Waals surface area contributed by atoms with E-state index in [1.54, 1.807) is 31.1 Å². The van der Waals surface area contributed by atoms with Crippen LogP contribution >= 0.6 is 23.2 Å². The lowest BCUT2D eigenvalue weighted by Crippen LogP contribution is -2.47. The van der Waals surface area contributed by atoms with E-state index in [0.29, 0.717) is 35.4 Å². The van der Waals surface area contributed by atoms with Crippen molar-refractivity contribution in [3.05, 3.63) is 58.1 Å². The summed E-state index contributed by atoms with van der Waals surface area (Å²) >= 11 is 12.2. The van der Waals surface area contributed by atoms with Gasteiger partial charge < -0.3 is 19.7 Å². The van der Waals surface area contributed by atoms with Gasteiger partial charge in [-0.2, -0.15) is 0 Å².